The Bertz CT molecular complexity index is 520. The fraction of sp³-hybridized carbons (Fsp3) is 0.611. The van der Waals surface area contributed by atoms with Crippen molar-refractivity contribution >= 4 is 0 Å². The SMILES string of the molecule is CCNC(C)(C#N)CC(C)Oc1ccc2c(c1)CCCC2. The Morgan fingerprint density at radius 3 is 2.71 bits per heavy atom. The van der Waals surface area contributed by atoms with Gasteiger partial charge in [-0.25, -0.2) is 0 Å². The van der Waals surface area contributed by atoms with E-state index in [1.165, 1.54) is 30.4 Å². The summed E-state index contributed by atoms with van der Waals surface area (Å²) in [5.74, 6) is 0.930. The molecule has 21 heavy (non-hydrogen) atoms. The fourth-order valence-corrected chi connectivity index (χ4v) is 3.18. The van der Waals surface area contributed by atoms with E-state index in [0.717, 1.165) is 18.7 Å². The number of nitrogens with zero attached hydrogens (tertiary/aromatic N) is 1. The van der Waals surface area contributed by atoms with E-state index in [4.69, 9.17) is 4.74 Å². The number of nitriles is 1. The highest BCUT2D eigenvalue weighted by Gasteiger charge is 2.26. The van der Waals surface area contributed by atoms with Gasteiger partial charge in [-0.3, -0.25) is 5.32 Å². The first kappa shape index (κ1) is 15.9. The second-order valence-corrected chi connectivity index (χ2v) is 6.24. The maximum atomic E-state index is 9.32. The average molecular weight is 286 g/mol. The molecular weight excluding hydrogens is 260 g/mol. The van der Waals surface area contributed by atoms with Crippen molar-refractivity contribution in [3.05, 3.63) is 29.3 Å². The molecule has 3 nitrogen and oxygen atoms in total. The monoisotopic (exact) mass is 286 g/mol. The predicted molar refractivity (Wildman–Crippen MR) is 85.5 cm³/mol. The van der Waals surface area contributed by atoms with Gasteiger partial charge in [0.2, 0.25) is 0 Å². The lowest BCUT2D eigenvalue weighted by molar-refractivity contribution is 0.180. The maximum absolute atomic E-state index is 9.32. The number of nitrogens with one attached hydrogen (secondary N) is 1. The average Bonchev–Trinajstić information content (AvgIpc) is 2.47. The Hall–Kier alpha value is -1.53. The number of aryl methyl sites for hydroxylation is 2. The number of benzene rings is 1. The van der Waals surface area contributed by atoms with Crippen molar-refractivity contribution in [3.63, 3.8) is 0 Å². The minimum atomic E-state index is -0.525. The molecule has 0 aromatic heterocycles. The van der Waals surface area contributed by atoms with E-state index in [0.29, 0.717) is 6.42 Å². The van der Waals surface area contributed by atoms with Crippen LogP contribution in [0.15, 0.2) is 18.2 Å². The first-order chi connectivity index (χ1) is 10.1. The Kier molecular flexibility index (Phi) is 5.25. The van der Waals surface area contributed by atoms with Gasteiger partial charge < -0.3 is 4.74 Å². The lowest BCUT2D eigenvalue weighted by Gasteiger charge is -2.27. The topological polar surface area (TPSA) is 45.0 Å². The Labute approximate surface area is 128 Å². The summed E-state index contributed by atoms with van der Waals surface area (Å²) in [7, 11) is 0. The van der Waals surface area contributed by atoms with Crippen molar-refractivity contribution in [3.8, 4) is 11.8 Å². The maximum Gasteiger partial charge on any atom is 0.119 e. The van der Waals surface area contributed by atoms with Gasteiger partial charge >= 0.3 is 0 Å². The van der Waals surface area contributed by atoms with Gasteiger partial charge in [-0.1, -0.05) is 13.0 Å². The molecule has 1 aliphatic carbocycles. The predicted octanol–water partition coefficient (Wildman–Crippen LogP) is 3.61. The molecule has 1 aromatic carbocycles. The largest absolute Gasteiger partial charge is 0.491 e. The quantitative estimate of drug-likeness (QED) is 0.868. The van der Waals surface area contributed by atoms with E-state index in [-0.39, 0.29) is 6.10 Å². The van der Waals surface area contributed by atoms with Crippen molar-refractivity contribution in [2.24, 2.45) is 0 Å². The number of fused-ring (bicyclic) bond motifs is 1. The lowest BCUT2D eigenvalue weighted by atomic mass is 9.91. The van der Waals surface area contributed by atoms with Gasteiger partial charge in [0.15, 0.2) is 0 Å². The van der Waals surface area contributed by atoms with E-state index >= 15 is 0 Å². The van der Waals surface area contributed by atoms with Crippen molar-refractivity contribution in [2.45, 2.75) is 64.5 Å². The minimum absolute atomic E-state index is 0.00957. The van der Waals surface area contributed by atoms with Crippen molar-refractivity contribution in [2.75, 3.05) is 6.54 Å². The van der Waals surface area contributed by atoms with Crippen molar-refractivity contribution in [1.29, 1.82) is 5.26 Å². The van der Waals surface area contributed by atoms with Crippen LogP contribution >= 0.6 is 0 Å². The zero-order valence-corrected chi connectivity index (χ0v) is 13.4. The molecular formula is C18H26N2O. The smallest absolute Gasteiger partial charge is 0.119 e. The third-order valence-electron chi connectivity index (χ3n) is 4.17. The molecule has 0 radical (unpaired) electrons. The molecule has 2 atom stereocenters. The molecule has 114 valence electrons. The van der Waals surface area contributed by atoms with Gasteiger partial charge in [0.05, 0.1) is 12.2 Å². The molecule has 0 amide bonds. The molecule has 0 aliphatic heterocycles. The molecule has 0 spiro atoms. The molecule has 1 aromatic rings. The molecule has 0 saturated heterocycles. The molecule has 2 unspecified atom stereocenters. The van der Waals surface area contributed by atoms with Crippen LogP contribution in [-0.2, 0) is 12.8 Å². The van der Waals surface area contributed by atoms with Gasteiger partial charge in [-0.05, 0) is 69.3 Å². The summed E-state index contributed by atoms with van der Waals surface area (Å²) in [6.45, 7) is 6.77. The number of ether oxygens (including phenoxy) is 1. The van der Waals surface area contributed by atoms with E-state index in [1.807, 2.05) is 20.8 Å². The molecule has 1 N–H and O–H groups in total. The van der Waals surface area contributed by atoms with Crippen LogP contribution in [0, 0.1) is 11.3 Å². The molecule has 0 heterocycles. The first-order valence-electron chi connectivity index (χ1n) is 8.01. The van der Waals surface area contributed by atoms with E-state index in [9.17, 15) is 5.26 Å². The molecule has 0 fully saturated rings. The Balaban J connectivity index is 1.99. The fourth-order valence-electron chi connectivity index (χ4n) is 3.18. The van der Waals surface area contributed by atoms with E-state index < -0.39 is 5.54 Å². The molecule has 1 aliphatic rings. The minimum Gasteiger partial charge on any atom is -0.491 e. The van der Waals surface area contributed by atoms with Crippen LogP contribution in [0.2, 0.25) is 0 Å². The van der Waals surface area contributed by atoms with Gasteiger partial charge in [-0.2, -0.15) is 5.26 Å². The Morgan fingerprint density at radius 2 is 2.05 bits per heavy atom. The zero-order valence-electron chi connectivity index (χ0n) is 13.4. The summed E-state index contributed by atoms with van der Waals surface area (Å²) < 4.78 is 6.03. The van der Waals surface area contributed by atoms with Crippen LogP contribution in [0.25, 0.3) is 0 Å². The summed E-state index contributed by atoms with van der Waals surface area (Å²) in [6, 6.07) is 8.80. The van der Waals surface area contributed by atoms with Gasteiger partial charge in [-0.15, -0.1) is 0 Å². The summed E-state index contributed by atoms with van der Waals surface area (Å²) in [5, 5.41) is 12.6. The van der Waals surface area contributed by atoms with Crippen LogP contribution < -0.4 is 10.1 Å². The number of hydrogen-bond acceptors (Lipinski definition) is 3. The van der Waals surface area contributed by atoms with Crippen LogP contribution in [0.4, 0.5) is 0 Å². The van der Waals surface area contributed by atoms with Gasteiger partial charge in [0.25, 0.3) is 0 Å². The Morgan fingerprint density at radius 1 is 1.33 bits per heavy atom. The van der Waals surface area contributed by atoms with Crippen molar-refractivity contribution in [1.82, 2.24) is 5.32 Å². The summed E-state index contributed by atoms with van der Waals surface area (Å²) >= 11 is 0. The van der Waals surface area contributed by atoms with Crippen LogP contribution in [-0.4, -0.2) is 18.2 Å². The highest BCUT2D eigenvalue weighted by Crippen LogP contribution is 2.26. The molecule has 0 saturated carbocycles. The van der Waals surface area contributed by atoms with E-state index in [2.05, 4.69) is 29.6 Å². The van der Waals surface area contributed by atoms with Crippen molar-refractivity contribution < 1.29 is 4.74 Å². The molecule has 0 bridgehead atoms. The third-order valence-corrected chi connectivity index (χ3v) is 4.17. The van der Waals surface area contributed by atoms with Crippen LogP contribution in [0.3, 0.4) is 0 Å². The first-order valence-corrected chi connectivity index (χ1v) is 8.01. The lowest BCUT2D eigenvalue weighted by Crippen LogP contribution is -2.44. The van der Waals surface area contributed by atoms with E-state index in [1.54, 1.807) is 0 Å². The van der Waals surface area contributed by atoms with Gasteiger partial charge in [0, 0.05) is 6.42 Å². The molecule has 3 heteroatoms. The second-order valence-electron chi connectivity index (χ2n) is 6.24. The van der Waals surface area contributed by atoms with Crippen LogP contribution in [0.1, 0.15) is 51.2 Å². The summed E-state index contributed by atoms with van der Waals surface area (Å²) in [5.41, 5.74) is 2.37. The third kappa shape index (κ3) is 4.22. The van der Waals surface area contributed by atoms with Crippen LogP contribution in [0.5, 0.6) is 5.75 Å². The second kappa shape index (κ2) is 6.95. The highest BCUT2D eigenvalue weighted by atomic mass is 16.5. The summed E-state index contributed by atoms with van der Waals surface area (Å²) in [6.07, 6.45) is 5.61. The standard InChI is InChI=1S/C18H26N2O/c1-4-20-18(3,13-19)12-14(2)21-17-10-9-15-7-5-6-8-16(15)11-17/h9-11,14,20H,4-8,12H2,1-3H3. The number of rotatable bonds is 6. The molecule has 2 rings (SSSR count). The van der Waals surface area contributed by atoms with Gasteiger partial charge in [0.1, 0.15) is 11.3 Å². The summed E-state index contributed by atoms with van der Waals surface area (Å²) in [4.78, 5) is 0. The normalized spacial score (nSPS) is 18.2. The highest BCUT2D eigenvalue weighted by molar-refractivity contribution is 5.37. The zero-order chi connectivity index (χ0) is 15.3. The number of hydrogen-bond donors (Lipinski definition) is 1.